The van der Waals surface area contributed by atoms with Gasteiger partial charge >= 0.3 is 0 Å². The van der Waals surface area contributed by atoms with Gasteiger partial charge in [0.05, 0.1) is 12.3 Å². The summed E-state index contributed by atoms with van der Waals surface area (Å²) < 4.78 is 18.7. The van der Waals surface area contributed by atoms with Crippen molar-refractivity contribution in [1.29, 1.82) is 0 Å². The lowest BCUT2D eigenvalue weighted by molar-refractivity contribution is 0.127. The van der Waals surface area contributed by atoms with Crippen LogP contribution in [0.1, 0.15) is 13.3 Å². The average molecular weight is 249 g/mol. The van der Waals surface area contributed by atoms with Crippen LogP contribution >= 0.6 is 23.4 Å². The lowest BCUT2D eigenvalue weighted by atomic mass is 10.3. The zero-order chi connectivity index (χ0) is 10.8. The van der Waals surface area contributed by atoms with Crippen molar-refractivity contribution in [1.82, 2.24) is 9.97 Å². The van der Waals surface area contributed by atoms with E-state index in [-0.39, 0.29) is 16.6 Å². The molecule has 0 radical (unpaired) electrons. The summed E-state index contributed by atoms with van der Waals surface area (Å²) in [6.45, 7) is 2.70. The summed E-state index contributed by atoms with van der Waals surface area (Å²) in [5, 5.41) is 0.619. The Kier molecular flexibility index (Phi) is 3.43. The van der Waals surface area contributed by atoms with Gasteiger partial charge in [-0.2, -0.15) is 0 Å². The maximum atomic E-state index is 13.3. The minimum absolute atomic E-state index is 0.0745. The van der Waals surface area contributed by atoms with Crippen molar-refractivity contribution in [2.24, 2.45) is 0 Å². The Morgan fingerprint density at radius 1 is 1.67 bits per heavy atom. The number of rotatable bonds is 2. The Balaban J connectivity index is 2.12. The van der Waals surface area contributed by atoms with Crippen LogP contribution in [0.15, 0.2) is 11.2 Å². The first-order valence-corrected chi connectivity index (χ1v) is 5.89. The Hall–Kier alpha value is -0.390. The number of hydrogen-bond acceptors (Lipinski definition) is 4. The summed E-state index contributed by atoms with van der Waals surface area (Å²) in [4.78, 5) is 7.43. The highest BCUT2D eigenvalue weighted by Crippen LogP contribution is 2.32. The first-order chi connectivity index (χ1) is 7.16. The molecule has 0 amide bonds. The van der Waals surface area contributed by atoms with Gasteiger partial charge in [0.15, 0.2) is 5.82 Å². The van der Waals surface area contributed by atoms with Gasteiger partial charge in [-0.05, 0) is 24.9 Å². The molecule has 6 heteroatoms. The van der Waals surface area contributed by atoms with E-state index in [2.05, 4.69) is 9.97 Å². The molecular weight excluding hydrogens is 239 g/mol. The quantitative estimate of drug-likeness (QED) is 0.595. The van der Waals surface area contributed by atoms with Crippen LogP contribution in [0.3, 0.4) is 0 Å². The largest absolute Gasteiger partial charge is 0.377 e. The molecule has 0 spiro atoms. The summed E-state index contributed by atoms with van der Waals surface area (Å²) in [7, 11) is 0. The van der Waals surface area contributed by atoms with Crippen LogP contribution in [0.4, 0.5) is 4.39 Å². The Morgan fingerprint density at radius 3 is 3.13 bits per heavy atom. The summed E-state index contributed by atoms with van der Waals surface area (Å²) in [6, 6.07) is 0. The number of halogens is 2. The van der Waals surface area contributed by atoms with Crippen LogP contribution < -0.4 is 0 Å². The summed E-state index contributed by atoms with van der Waals surface area (Å²) in [6.07, 6.45) is 2.13. The lowest BCUT2D eigenvalue weighted by Crippen LogP contribution is -2.13. The van der Waals surface area contributed by atoms with E-state index < -0.39 is 5.82 Å². The maximum absolute atomic E-state index is 13.3. The van der Waals surface area contributed by atoms with Gasteiger partial charge in [0.25, 0.3) is 0 Å². The molecular formula is C9H10ClFN2OS. The molecule has 1 aliphatic rings. The summed E-state index contributed by atoms with van der Waals surface area (Å²) in [5.74, 6) is -0.427. The highest BCUT2D eigenvalue weighted by Gasteiger charge is 2.26. The first kappa shape index (κ1) is 11.1. The Labute approximate surface area is 96.4 Å². The molecule has 1 aromatic heterocycles. The van der Waals surface area contributed by atoms with E-state index in [1.807, 2.05) is 6.92 Å². The van der Waals surface area contributed by atoms with Crippen molar-refractivity contribution in [2.45, 2.75) is 29.7 Å². The van der Waals surface area contributed by atoms with Crippen molar-refractivity contribution in [3.05, 3.63) is 17.3 Å². The van der Waals surface area contributed by atoms with Gasteiger partial charge in [-0.25, -0.2) is 14.4 Å². The molecule has 0 aromatic carbocycles. The smallest absolute Gasteiger partial charge is 0.223 e. The monoisotopic (exact) mass is 248 g/mol. The van der Waals surface area contributed by atoms with Crippen molar-refractivity contribution in [2.75, 3.05) is 6.61 Å². The number of aromatic nitrogens is 2. The SMILES string of the molecule is CC1OCCC1Sc1nc(Cl)ncc1F. The minimum atomic E-state index is -0.427. The lowest BCUT2D eigenvalue weighted by Gasteiger charge is -2.12. The van der Waals surface area contributed by atoms with Crippen LogP contribution in [-0.4, -0.2) is 27.9 Å². The summed E-state index contributed by atoms with van der Waals surface area (Å²) in [5.41, 5.74) is 0. The summed E-state index contributed by atoms with van der Waals surface area (Å²) >= 11 is 6.97. The van der Waals surface area contributed by atoms with Gasteiger partial charge in [0.1, 0.15) is 5.03 Å². The molecule has 1 aromatic rings. The molecule has 0 saturated carbocycles. The van der Waals surface area contributed by atoms with E-state index in [1.54, 1.807) is 0 Å². The second-order valence-corrected chi connectivity index (χ2v) is 4.88. The van der Waals surface area contributed by atoms with E-state index in [0.29, 0.717) is 5.03 Å². The highest BCUT2D eigenvalue weighted by molar-refractivity contribution is 7.99. The second-order valence-electron chi connectivity index (χ2n) is 3.31. The fraction of sp³-hybridized carbons (Fsp3) is 0.556. The number of thioether (sulfide) groups is 1. The third kappa shape index (κ3) is 2.59. The van der Waals surface area contributed by atoms with Gasteiger partial charge in [0, 0.05) is 11.9 Å². The van der Waals surface area contributed by atoms with Crippen LogP contribution in [0, 0.1) is 5.82 Å². The fourth-order valence-corrected chi connectivity index (χ4v) is 2.68. The Bertz CT molecular complexity index is 366. The molecule has 15 heavy (non-hydrogen) atoms. The normalized spacial score (nSPS) is 25.8. The minimum Gasteiger partial charge on any atom is -0.377 e. The zero-order valence-corrected chi connectivity index (χ0v) is 9.69. The Morgan fingerprint density at radius 2 is 2.47 bits per heavy atom. The third-order valence-corrected chi connectivity index (χ3v) is 3.87. The van der Waals surface area contributed by atoms with E-state index in [4.69, 9.17) is 16.3 Å². The molecule has 0 bridgehead atoms. The second kappa shape index (κ2) is 4.63. The van der Waals surface area contributed by atoms with Gasteiger partial charge in [0.2, 0.25) is 5.28 Å². The molecule has 1 saturated heterocycles. The van der Waals surface area contributed by atoms with Crippen molar-refractivity contribution in [3.63, 3.8) is 0 Å². The molecule has 82 valence electrons. The third-order valence-electron chi connectivity index (χ3n) is 2.25. The molecule has 2 unspecified atom stereocenters. The standard InChI is InChI=1S/C9H10ClFN2OS/c1-5-7(2-3-14-5)15-8-6(11)4-12-9(10)13-8/h4-5,7H,2-3H2,1H3. The fourth-order valence-electron chi connectivity index (χ4n) is 1.42. The van der Waals surface area contributed by atoms with Gasteiger partial charge in [-0.1, -0.05) is 11.8 Å². The van der Waals surface area contributed by atoms with Crippen molar-refractivity contribution >= 4 is 23.4 Å². The van der Waals surface area contributed by atoms with Crippen molar-refractivity contribution < 1.29 is 9.13 Å². The van der Waals surface area contributed by atoms with Crippen LogP contribution in [0.2, 0.25) is 5.28 Å². The van der Waals surface area contributed by atoms with Crippen LogP contribution in [-0.2, 0) is 4.74 Å². The molecule has 3 nitrogen and oxygen atoms in total. The van der Waals surface area contributed by atoms with Gasteiger partial charge in [-0.15, -0.1) is 0 Å². The number of hydrogen-bond donors (Lipinski definition) is 0. The number of ether oxygens (including phenoxy) is 1. The maximum Gasteiger partial charge on any atom is 0.223 e. The van der Waals surface area contributed by atoms with Gasteiger partial charge < -0.3 is 4.74 Å². The van der Waals surface area contributed by atoms with E-state index in [9.17, 15) is 4.39 Å². The van der Waals surface area contributed by atoms with E-state index >= 15 is 0 Å². The van der Waals surface area contributed by atoms with Crippen LogP contribution in [0.25, 0.3) is 0 Å². The topological polar surface area (TPSA) is 35.0 Å². The average Bonchev–Trinajstić information content (AvgIpc) is 2.58. The molecule has 1 aliphatic heterocycles. The molecule has 2 rings (SSSR count). The van der Waals surface area contributed by atoms with Crippen LogP contribution in [0.5, 0.6) is 0 Å². The molecule has 1 fully saturated rings. The van der Waals surface area contributed by atoms with Crippen molar-refractivity contribution in [3.8, 4) is 0 Å². The first-order valence-electron chi connectivity index (χ1n) is 4.63. The van der Waals surface area contributed by atoms with E-state index in [1.165, 1.54) is 11.8 Å². The molecule has 2 atom stereocenters. The predicted molar refractivity (Wildman–Crippen MR) is 56.7 cm³/mol. The molecule has 0 N–H and O–H groups in total. The van der Waals surface area contributed by atoms with Gasteiger partial charge in [-0.3, -0.25) is 0 Å². The highest BCUT2D eigenvalue weighted by atomic mass is 35.5. The molecule has 0 aliphatic carbocycles. The zero-order valence-electron chi connectivity index (χ0n) is 8.11. The van der Waals surface area contributed by atoms with E-state index in [0.717, 1.165) is 19.2 Å². The number of nitrogens with zero attached hydrogens (tertiary/aromatic N) is 2. The predicted octanol–water partition coefficient (Wildman–Crippen LogP) is 2.54. The molecule has 2 heterocycles.